The van der Waals surface area contributed by atoms with Crippen LogP contribution in [0.15, 0.2) is 71.2 Å². The Balaban J connectivity index is 1.86. The largest absolute Gasteiger partial charge is 0.478 e. The smallest absolute Gasteiger partial charge is 0.337 e. The van der Waals surface area contributed by atoms with Gasteiger partial charge in [0.05, 0.1) is 11.3 Å². The molecule has 0 fully saturated rings. The molecule has 0 heterocycles. The summed E-state index contributed by atoms with van der Waals surface area (Å²) in [5, 5.41) is 14.1. The molecule has 0 aliphatic rings. The minimum atomic E-state index is -1.09. The molecule has 0 spiro atoms. The first-order valence-electron chi connectivity index (χ1n) is 7.95. The maximum Gasteiger partial charge on any atom is 0.337 e. The molecule has 3 aromatic carbocycles. The molecule has 0 radical (unpaired) electrons. The molecule has 3 rings (SSSR count). The highest BCUT2D eigenvalue weighted by molar-refractivity contribution is 9.10. The van der Waals surface area contributed by atoms with Crippen molar-refractivity contribution >= 4 is 49.8 Å². The monoisotopic (exact) mass is 409 g/mol. The van der Waals surface area contributed by atoms with Gasteiger partial charge >= 0.3 is 5.97 Å². The van der Waals surface area contributed by atoms with Crippen molar-refractivity contribution < 1.29 is 14.7 Å². The van der Waals surface area contributed by atoms with Gasteiger partial charge in [-0.15, -0.1) is 0 Å². The second kappa shape index (κ2) is 7.54. The molecule has 0 saturated carbocycles. The number of benzene rings is 3. The lowest BCUT2D eigenvalue weighted by atomic mass is 10.0. The van der Waals surface area contributed by atoms with Crippen molar-refractivity contribution in [2.45, 2.75) is 6.92 Å². The number of nitrogens with one attached hydrogen (secondary N) is 1. The lowest BCUT2D eigenvalue weighted by molar-refractivity contribution is -0.111. The van der Waals surface area contributed by atoms with Crippen LogP contribution < -0.4 is 5.32 Å². The third-order valence-electron chi connectivity index (χ3n) is 4.02. The summed E-state index contributed by atoms with van der Waals surface area (Å²) in [5.74, 6) is -1.47. The zero-order chi connectivity index (χ0) is 18.7. The molecule has 0 saturated heterocycles. The van der Waals surface area contributed by atoms with E-state index in [4.69, 9.17) is 0 Å². The van der Waals surface area contributed by atoms with E-state index in [2.05, 4.69) is 21.2 Å². The maximum atomic E-state index is 12.4. The van der Waals surface area contributed by atoms with Crippen LogP contribution in [-0.2, 0) is 4.79 Å². The molecule has 0 bridgehead atoms. The Bertz CT molecular complexity index is 1040. The SMILES string of the molecule is CC(=CC(=O)Nc1cc(Br)ccc1C(=O)O)c1ccc2ccccc2c1. The second-order valence-electron chi connectivity index (χ2n) is 5.87. The number of halogens is 1. The summed E-state index contributed by atoms with van der Waals surface area (Å²) in [5.41, 5.74) is 2.02. The van der Waals surface area contributed by atoms with Gasteiger partial charge in [-0.3, -0.25) is 4.79 Å². The summed E-state index contributed by atoms with van der Waals surface area (Å²) in [4.78, 5) is 23.7. The molecule has 3 aromatic rings. The van der Waals surface area contributed by atoms with Crippen LogP contribution in [0.25, 0.3) is 16.3 Å². The van der Waals surface area contributed by atoms with Crippen LogP contribution in [0, 0.1) is 0 Å². The number of hydrogen-bond acceptors (Lipinski definition) is 2. The normalized spacial score (nSPS) is 11.4. The van der Waals surface area contributed by atoms with Crippen LogP contribution in [-0.4, -0.2) is 17.0 Å². The molecule has 0 aliphatic heterocycles. The lowest BCUT2D eigenvalue weighted by Crippen LogP contribution is -2.12. The van der Waals surface area contributed by atoms with Crippen molar-refractivity contribution in [3.8, 4) is 0 Å². The minimum Gasteiger partial charge on any atom is -0.478 e. The molecular weight excluding hydrogens is 394 g/mol. The number of carbonyl (C=O) groups excluding carboxylic acids is 1. The number of allylic oxidation sites excluding steroid dienone is 1. The Kier molecular flexibility index (Phi) is 5.19. The van der Waals surface area contributed by atoms with Gasteiger partial charge in [-0.1, -0.05) is 52.3 Å². The van der Waals surface area contributed by atoms with Gasteiger partial charge in [0.1, 0.15) is 0 Å². The summed E-state index contributed by atoms with van der Waals surface area (Å²) in [6.07, 6.45) is 1.47. The Hall–Kier alpha value is -2.92. The number of amides is 1. The van der Waals surface area contributed by atoms with Gasteiger partial charge in [0.2, 0.25) is 5.91 Å². The van der Waals surface area contributed by atoms with Crippen molar-refractivity contribution in [1.29, 1.82) is 0 Å². The van der Waals surface area contributed by atoms with E-state index in [0.29, 0.717) is 4.47 Å². The molecule has 5 heteroatoms. The van der Waals surface area contributed by atoms with Crippen LogP contribution in [0.1, 0.15) is 22.8 Å². The third-order valence-corrected chi connectivity index (χ3v) is 4.52. The summed E-state index contributed by atoms with van der Waals surface area (Å²) in [7, 11) is 0. The molecular formula is C21H16BrNO3. The van der Waals surface area contributed by atoms with Crippen molar-refractivity contribution in [3.63, 3.8) is 0 Å². The summed E-state index contributed by atoms with van der Waals surface area (Å²) >= 11 is 3.29. The molecule has 26 heavy (non-hydrogen) atoms. The maximum absolute atomic E-state index is 12.4. The number of carboxylic acids is 1. The van der Waals surface area contributed by atoms with E-state index in [1.54, 1.807) is 12.1 Å². The first kappa shape index (κ1) is 17.9. The molecule has 2 N–H and O–H groups in total. The van der Waals surface area contributed by atoms with E-state index in [1.165, 1.54) is 12.1 Å². The second-order valence-corrected chi connectivity index (χ2v) is 6.79. The number of carbonyl (C=O) groups is 2. The van der Waals surface area contributed by atoms with Gasteiger partial charge in [0, 0.05) is 10.5 Å². The Labute approximate surface area is 159 Å². The summed E-state index contributed by atoms with van der Waals surface area (Å²) < 4.78 is 0.688. The van der Waals surface area contributed by atoms with Crippen molar-refractivity contribution in [2.75, 3.05) is 5.32 Å². The summed E-state index contributed by atoms with van der Waals surface area (Å²) in [6, 6.07) is 18.6. The van der Waals surface area contributed by atoms with Gasteiger partial charge in [0.25, 0.3) is 0 Å². The van der Waals surface area contributed by atoms with E-state index in [1.807, 2.05) is 49.4 Å². The Morgan fingerprint density at radius 2 is 1.73 bits per heavy atom. The van der Waals surface area contributed by atoms with Crippen molar-refractivity contribution in [1.82, 2.24) is 0 Å². The molecule has 1 amide bonds. The van der Waals surface area contributed by atoms with E-state index in [0.717, 1.165) is 21.9 Å². The van der Waals surface area contributed by atoms with Crippen molar-refractivity contribution in [3.05, 3.63) is 82.3 Å². The first-order chi connectivity index (χ1) is 12.4. The van der Waals surface area contributed by atoms with E-state index in [-0.39, 0.29) is 17.2 Å². The third kappa shape index (κ3) is 4.00. The number of anilines is 1. The molecule has 0 aliphatic carbocycles. The van der Waals surface area contributed by atoms with Gasteiger partial charge in [-0.05, 0) is 53.1 Å². The molecule has 4 nitrogen and oxygen atoms in total. The average molecular weight is 410 g/mol. The highest BCUT2D eigenvalue weighted by Crippen LogP contribution is 2.23. The van der Waals surface area contributed by atoms with Gasteiger partial charge in [0.15, 0.2) is 0 Å². The Morgan fingerprint density at radius 1 is 1.00 bits per heavy atom. The van der Waals surface area contributed by atoms with Crippen LogP contribution in [0.4, 0.5) is 5.69 Å². The van der Waals surface area contributed by atoms with Crippen molar-refractivity contribution in [2.24, 2.45) is 0 Å². The highest BCUT2D eigenvalue weighted by Gasteiger charge is 2.12. The minimum absolute atomic E-state index is 0.0401. The quantitative estimate of drug-likeness (QED) is 0.571. The van der Waals surface area contributed by atoms with E-state index in [9.17, 15) is 14.7 Å². The fourth-order valence-corrected chi connectivity index (χ4v) is 3.05. The zero-order valence-corrected chi connectivity index (χ0v) is 15.6. The molecule has 0 unspecified atom stereocenters. The number of rotatable bonds is 4. The zero-order valence-electron chi connectivity index (χ0n) is 14.0. The average Bonchev–Trinajstić information content (AvgIpc) is 2.61. The lowest BCUT2D eigenvalue weighted by Gasteiger charge is -2.08. The van der Waals surface area contributed by atoms with E-state index < -0.39 is 5.97 Å². The number of hydrogen-bond donors (Lipinski definition) is 2. The summed E-state index contributed by atoms with van der Waals surface area (Å²) in [6.45, 7) is 1.85. The predicted molar refractivity (Wildman–Crippen MR) is 107 cm³/mol. The first-order valence-corrected chi connectivity index (χ1v) is 8.74. The highest BCUT2D eigenvalue weighted by atomic mass is 79.9. The van der Waals surface area contributed by atoms with Crippen LogP contribution in [0.5, 0.6) is 0 Å². The molecule has 0 aromatic heterocycles. The fourth-order valence-electron chi connectivity index (χ4n) is 2.69. The number of fused-ring (bicyclic) bond motifs is 1. The van der Waals surface area contributed by atoms with E-state index >= 15 is 0 Å². The van der Waals surface area contributed by atoms with Crippen LogP contribution >= 0.6 is 15.9 Å². The van der Waals surface area contributed by atoms with Crippen LogP contribution in [0.2, 0.25) is 0 Å². The number of carboxylic acid groups (broad SMARTS) is 1. The van der Waals surface area contributed by atoms with Gasteiger partial charge in [-0.2, -0.15) is 0 Å². The number of aromatic carboxylic acids is 1. The molecule has 130 valence electrons. The van der Waals surface area contributed by atoms with Gasteiger partial charge < -0.3 is 10.4 Å². The fraction of sp³-hybridized carbons (Fsp3) is 0.0476. The molecule has 0 atom stereocenters. The standard InChI is InChI=1S/C21H16BrNO3/c1-13(15-7-6-14-4-2-3-5-16(14)11-15)10-20(24)23-19-12-17(22)8-9-18(19)21(25)26/h2-12H,1H3,(H,23,24)(H,25,26). The topological polar surface area (TPSA) is 66.4 Å². The van der Waals surface area contributed by atoms with Crippen LogP contribution in [0.3, 0.4) is 0 Å². The predicted octanol–water partition coefficient (Wildman–Crippen LogP) is 5.34. The Morgan fingerprint density at radius 3 is 2.46 bits per heavy atom. The van der Waals surface area contributed by atoms with Gasteiger partial charge in [-0.25, -0.2) is 4.79 Å².